The molecule has 30 heavy (non-hydrogen) atoms. The van der Waals surface area contributed by atoms with E-state index in [-0.39, 0.29) is 18.0 Å². The van der Waals surface area contributed by atoms with E-state index in [1.54, 1.807) is 31.3 Å². The number of hydrogen-bond acceptors (Lipinski definition) is 5. The molecule has 1 aliphatic rings. The average molecular weight is 415 g/mol. The highest BCUT2D eigenvalue weighted by Crippen LogP contribution is 2.37. The second-order valence-corrected chi connectivity index (χ2v) is 7.67. The maximum Gasteiger partial charge on any atom is 0.409 e. The lowest BCUT2D eigenvalue weighted by Crippen LogP contribution is -2.46. The molecule has 0 bridgehead atoms. The molecule has 0 aliphatic carbocycles. The SMILES string of the molecule is CCOC(=O)N1CCC(NC(=O)/C=C(\C)c2cc3c(C)coc3c(C)c2OC)CC1. The van der Waals surface area contributed by atoms with Gasteiger partial charge >= 0.3 is 6.09 Å². The summed E-state index contributed by atoms with van der Waals surface area (Å²) < 4.78 is 16.3. The van der Waals surface area contributed by atoms with Gasteiger partial charge < -0.3 is 24.1 Å². The summed E-state index contributed by atoms with van der Waals surface area (Å²) in [6, 6.07) is 2.05. The second kappa shape index (κ2) is 9.24. The van der Waals surface area contributed by atoms with E-state index in [4.69, 9.17) is 13.9 Å². The molecular formula is C23H30N2O5. The first-order valence-corrected chi connectivity index (χ1v) is 10.3. The number of likely N-dealkylation sites (tertiary alicyclic amines) is 1. The Hall–Kier alpha value is -2.96. The van der Waals surface area contributed by atoms with Crippen LogP contribution in [0.4, 0.5) is 4.79 Å². The summed E-state index contributed by atoms with van der Waals surface area (Å²) in [5.41, 5.74) is 4.46. The summed E-state index contributed by atoms with van der Waals surface area (Å²) in [4.78, 5) is 26.1. The first kappa shape index (κ1) is 21.7. The van der Waals surface area contributed by atoms with E-state index in [0.29, 0.717) is 38.3 Å². The van der Waals surface area contributed by atoms with Crippen molar-refractivity contribution >= 4 is 28.5 Å². The monoisotopic (exact) mass is 414 g/mol. The zero-order valence-corrected chi connectivity index (χ0v) is 18.3. The number of amides is 2. The van der Waals surface area contributed by atoms with Gasteiger partial charge in [-0.25, -0.2) is 4.79 Å². The molecule has 0 unspecified atom stereocenters. The molecule has 0 spiro atoms. The number of furan rings is 1. The van der Waals surface area contributed by atoms with Crippen LogP contribution in [0.25, 0.3) is 16.5 Å². The van der Waals surface area contributed by atoms with Crippen molar-refractivity contribution in [3.05, 3.63) is 35.1 Å². The molecule has 162 valence electrons. The lowest BCUT2D eigenvalue weighted by molar-refractivity contribution is -0.117. The van der Waals surface area contributed by atoms with E-state index < -0.39 is 0 Å². The number of aryl methyl sites for hydroxylation is 2. The Morgan fingerprint density at radius 3 is 2.63 bits per heavy atom. The largest absolute Gasteiger partial charge is 0.496 e. The van der Waals surface area contributed by atoms with E-state index in [0.717, 1.165) is 33.2 Å². The number of rotatable bonds is 5. The van der Waals surface area contributed by atoms with Crippen molar-refractivity contribution in [2.24, 2.45) is 0 Å². The highest BCUT2D eigenvalue weighted by molar-refractivity contribution is 5.98. The van der Waals surface area contributed by atoms with Crippen LogP contribution in [0.5, 0.6) is 5.75 Å². The molecule has 0 saturated carbocycles. The van der Waals surface area contributed by atoms with Gasteiger partial charge in [0.05, 0.1) is 20.0 Å². The molecule has 7 nitrogen and oxygen atoms in total. The van der Waals surface area contributed by atoms with Crippen LogP contribution >= 0.6 is 0 Å². The first-order chi connectivity index (χ1) is 14.3. The van der Waals surface area contributed by atoms with Gasteiger partial charge in [-0.1, -0.05) is 0 Å². The van der Waals surface area contributed by atoms with Crippen LogP contribution in [0, 0.1) is 13.8 Å². The fourth-order valence-corrected chi connectivity index (χ4v) is 3.93. The quantitative estimate of drug-likeness (QED) is 0.742. The number of piperidine rings is 1. The molecule has 1 fully saturated rings. The van der Waals surface area contributed by atoms with Gasteiger partial charge in [0, 0.05) is 41.7 Å². The highest BCUT2D eigenvalue weighted by Gasteiger charge is 2.24. The van der Waals surface area contributed by atoms with E-state index in [1.165, 1.54) is 0 Å². The van der Waals surface area contributed by atoms with Crippen LogP contribution < -0.4 is 10.1 Å². The second-order valence-electron chi connectivity index (χ2n) is 7.67. The topological polar surface area (TPSA) is 81.0 Å². The first-order valence-electron chi connectivity index (χ1n) is 10.3. The smallest absolute Gasteiger partial charge is 0.409 e. The van der Waals surface area contributed by atoms with E-state index >= 15 is 0 Å². The lowest BCUT2D eigenvalue weighted by atomic mass is 9.98. The molecule has 0 atom stereocenters. The third kappa shape index (κ3) is 4.45. The number of carbonyl (C=O) groups is 2. The fraction of sp³-hybridized carbons (Fsp3) is 0.478. The van der Waals surface area contributed by atoms with Gasteiger partial charge in [0.25, 0.3) is 0 Å². The average Bonchev–Trinajstić information content (AvgIpc) is 3.09. The molecule has 1 N–H and O–H groups in total. The Morgan fingerprint density at radius 2 is 2.00 bits per heavy atom. The molecule has 2 aromatic rings. The summed E-state index contributed by atoms with van der Waals surface area (Å²) in [6.07, 6.45) is 4.47. The molecule has 1 aromatic carbocycles. The number of nitrogens with one attached hydrogen (secondary N) is 1. The van der Waals surface area contributed by atoms with Crippen molar-refractivity contribution in [3.8, 4) is 5.75 Å². The summed E-state index contributed by atoms with van der Waals surface area (Å²) in [5.74, 6) is 0.562. The number of methoxy groups -OCH3 is 1. The Labute approximate surface area is 177 Å². The molecular weight excluding hydrogens is 384 g/mol. The van der Waals surface area contributed by atoms with Gasteiger partial charge in [0.15, 0.2) is 0 Å². The zero-order chi connectivity index (χ0) is 21.8. The summed E-state index contributed by atoms with van der Waals surface area (Å²) in [7, 11) is 1.62. The maximum absolute atomic E-state index is 12.6. The third-order valence-corrected chi connectivity index (χ3v) is 5.58. The van der Waals surface area contributed by atoms with E-state index in [1.807, 2.05) is 26.8 Å². The van der Waals surface area contributed by atoms with Gasteiger partial charge in [0.2, 0.25) is 5.91 Å². The Balaban J connectivity index is 1.71. The van der Waals surface area contributed by atoms with Crippen LogP contribution in [0.3, 0.4) is 0 Å². The van der Waals surface area contributed by atoms with E-state index in [9.17, 15) is 9.59 Å². The predicted molar refractivity (Wildman–Crippen MR) is 116 cm³/mol. The van der Waals surface area contributed by atoms with Crippen molar-refractivity contribution < 1.29 is 23.5 Å². The highest BCUT2D eigenvalue weighted by atomic mass is 16.6. The van der Waals surface area contributed by atoms with Crippen LogP contribution in [0.2, 0.25) is 0 Å². The number of fused-ring (bicyclic) bond motifs is 1. The summed E-state index contributed by atoms with van der Waals surface area (Å²) in [6.45, 7) is 9.18. The molecule has 0 radical (unpaired) electrons. The van der Waals surface area contributed by atoms with Crippen LogP contribution in [0.1, 0.15) is 43.4 Å². The maximum atomic E-state index is 12.6. The number of ether oxygens (including phenoxy) is 2. The minimum absolute atomic E-state index is 0.0365. The minimum atomic E-state index is -0.287. The van der Waals surface area contributed by atoms with Gasteiger partial charge in [-0.2, -0.15) is 0 Å². The van der Waals surface area contributed by atoms with Crippen molar-refractivity contribution in [1.82, 2.24) is 10.2 Å². The molecule has 1 aromatic heterocycles. The van der Waals surface area contributed by atoms with E-state index in [2.05, 4.69) is 5.32 Å². The molecule has 1 aliphatic heterocycles. The summed E-state index contributed by atoms with van der Waals surface area (Å²) >= 11 is 0. The number of allylic oxidation sites excluding steroid dienone is 1. The number of nitrogens with zero attached hydrogens (tertiary/aromatic N) is 1. The fourth-order valence-electron chi connectivity index (χ4n) is 3.93. The molecule has 3 rings (SSSR count). The van der Waals surface area contributed by atoms with Crippen LogP contribution in [0.15, 0.2) is 22.8 Å². The van der Waals surface area contributed by atoms with Gasteiger partial charge in [-0.3, -0.25) is 4.79 Å². The zero-order valence-electron chi connectivity index (χ0n) is 18.3. The number of benzene rings is 1. The van der Waals surface area contributed by atoms with Gasteiger partial charge in [0.1, 0.15) is 11.3 Å². The summed E-state index contributed by atoms with van der Waals surface area (Å²) in [5, 5.41) is 4.07. The molecule has 7 heteroatoms. The minimum Gasteiger partial charge on any atom is -0.496 e. The van der Waals surface area contributed by atoms with Crippen molar-refractivity contribution in [1.29, 1.82) is 0 Å². The number of carbonyl (C=O) groups excluding carboxylic acids is 2. The van der Waals surface area contributed by atoms with Crippen LogP contribution in [-0.4, -0.2) is 49.7 Å². The lowest BCUT2D eigenvalue weighted by Gasteiger charge is -2.31. The number of hydrogen-bond donors (Lipinski definition) is 1. The van der Waals surface area contributed by atoms with Crippen molar-refractivity contribution in [3.63, 3.8) is 0 Å². The molecule has 1 saturated heterocycles. The molecule has 2 heterocycles. The molecule has 2 amide bonds. The Kier molecular flexibility index (Phi) is 6.70. The third-order valence-electron chi connectivity index (χ3n) is 5.58. The van der Waals surface area contributed by atoms with Crippen molar-refractivity contribution in [2.75, 3.05) is 26.8 Å². The standard InChI is InChI=1S/C23H30N2O5/c1-6-29-23(27)25-9-7-17(8-10-25)24-20(26)11-14(2)18-12-19-15(3)13-30-22(19)16(4)21(18)28-5/h11-13,17H,6-10H2,1-5H3,(H,24,26)/b14-11+. The Bertz CT molecular complexity index is 968. The van der Waals surface area contributed by atoms with Gasteiger partial charge in [-0.05, 0) is 57.7 Å². The van der Waals surface area contributed by atoms with Crippen molar-refractivity contribution in [2.45, 2.75) is 46.6 Å². The predicted octanol–water partition coefficient (Wildman–Crippen LogP) is 4.20. The van der Waals surface area contributed by atoms with Crippen LogP contribution in [-0.2, 0) is 9.53 Å². The Morgan fingerprint density at radius 1 is 1.30 bits per heavy atom. The normalized spacial score (nSPS) is 15.4. The van der Waals surface area contributed by atoms with Gasteiger partial charge in [-0.15, -0.1) is 0 Å².